The Morgan fingerprint density at radius 1 is 0.329 bits per heavy atom. The van der Waals surface area contributed by atoms with E-state index in [-0.39, 0.29) is 5.41 Å². The molecule has 0 N–H and O–H groups in total. The first-order chi connectivity index (χ1) is 40.4. The first kappa shape index (κ1) is 47.6. The summed E-state index contributed by atoms with van der Waals surface area (Å²) in [5.74, 6) is 0. The van der Waals surface area contributed by atoms with Crippen LogP contribution in [0.2, 0.25) is 0 Å². The summed E-state index contributed by atoms with van der Waals surface area (Å²) in [4.78, 5) is 7.97. The first-order valence-corrected chi connectivity index (χ1v) is 28.5. The molecular formula is C79H55N3. The predicted octanol–water partition coefficient (Wildman–Crippen LogP) is 20.5. The van der Waals surface area contributed by atoms with Gasteiger partial charge in [-0.15, -0.1) is 0 Å². The fourth-order valence-corrected chi connectivity index (χ4v) is 14.0. The summed E-state index contributed by atoms with van der Waals surface area (Å²) in [6, 6.07) is 110. The van der Waals surface area contributed by atoms with Gasteiger partial charge in [-0.1, -0.05) is 238 Å². The second-order valence-corrected chi connectivity index (χ2v) is 22.6. The monoisotopic (exact) mass is 1050 g/mol. The average molecular weight is 1050 g/mol. The second-order valence-electron chi connectivity index (χ2n) is 22.6. The van der Waals surface area contributed by atoms with E-state index in [9.17, 15) is 0 Å². The third-order valence-electron chi connectivity index (χ3n) is 17.8. The van der Waals surface area contributed by atoms with Gasteiger partial charge in [-0.05, 0) is 145 Å². The van der Waals surface area contributed by atoms with Gasteiger partial charge in [0.05, 0.1) is 27.7 Å². The molecule has 16 rings (SSSR count). The Morgan fingerprint density at radius 3 is 1.54 bits per heavy atom. The van der Waals surface area contributed by atoms with E-state index in [0.29, 0.717) is 0 Å². The number of pyridine rings is 1. The molecule has 2 aliphatic carbocycles. The maximum atomic E-state index is 5.45. The summed E-state index contributed by atoms with van der Waals surface area (Å²) in [5, 5.41) is 3.44. The maximum absolute atomic E-state index is 5.45. The minimum Gasteiger partial charge on any atom is -0.310 e. The van der Waals surface area contributed by atoms with Crippen LogP contribution in [-0.2, 0) is 10.8 Å². The molecule has 0 bridgehead atoms. The van der Waals surface area contributed by atoms with E-state index in [2.05, 4.69) is 321 Å². The summed E-state index contributed by atoms with van der Waals surface area (Å²) in [7, 11) is 0. The smallest absolute Gasteiger partial charge is 0.0788 e. The number of benzene rings is 12. The maximum Gasteiger partial charge on any atom is 0.0788 e. The highest BCUT2D eigenvalue weighted by molar-refractivity contribution is 6.12. The zero-order valence-corrected chi connectivity index (χ0v) is 45.6. The molecule has 386 valence electrons. The molecule has 2 aromatic heterocycles. The van der Waals surface area contributed by atoms with E-state index in [1.54, 1.807) is 0 Å². The number of para-hydroxylation sites is 1. The van der Waals surface area contributed by atoms with Crippen LogP contribution in [0.25, 0.3) is 94.2 Å². The summed E-state index contributed by atoms with van der Waals surface area (Å²) >= 11 is 0. The molecule has 2 heterocycles. The van der Waals surface area contributed by atoms with Crippen molar-refractivity contribution in [3.63, 3.8) is 0 Å². The molecule has 12 aromatic carbocycles. The number of nitrogens with zero attached hydrogens (tertiary/aromatic N) is 3. The number of hydrogen-bond acceptors (Lipinski definition) is 2. The summed E-state index contributed by atoms with van der Waals surface area (Å²) in [5.41, 5.74) is 26.3. The lowest BCUT2D eigenvalue weighted by molar-refractivity contribution is 0.660. The van der Waals surface area contributed by atoms with Crippen molar-refractivity contribution in [1.29, 1.82) is 0 Å². The van der Waals surface area contributed by atoms with Crippen molar-refractivity contribution in [2.24, 2.45) is 0 Å². The molecule has 82 heavy (non-hydrogen) atoms. The van der Waals surface area contributed by atoms with Gasteiger partial charge in [-0.2, -0.15) is 0 Å². The normalized spacial score (nSPS) is 13.4. The highest BCUT2D eigenvalue weighted by Gasteiger charge is 2.46. The largest absolute Gasteiger partial charge is 0.310 e. The van der Waals surface area contributed by atoms with Crippen LogP contribution in [0.5, 0.6) is 0 Å². The molecular weight excluding hydrogens is 991 g/mol. The summed E-state index contributed by atoms with van der Waals surface area (Å²) in [6.07, 6.45) is 0. The topological polar surface area (TPSA) is 21.1 Å². The van der Waals surface area contributed by atoms with Crippen LogP contribution in [0.1, 0.15) is 47.2 Å². The average Bonchev–Trinajstić information content (AvgIpc) is 3.97. The molecule has 0 amide bonds. The summed E-state index contributed by atoms with van der Waals surface area (Å²) in [6.45, 7) is 4.76. The molecule has 2 aliphatic rings. The molecule has 3 heteroatoms. The lowest BCUT2D eigenvalue weighted by Gasteiger charge is -2.35. The Bertz CT molecular complexity index is 4770. The minimum atomic E-state index is -0.566. The lowest BCUT2D eigenvalue weighted by atomic mass is 9.67. The predicted molar refractivity (Wildman–Crippen MR) is 342 cm³/mol. The molecule has 0 unspecified atom stereocenters. The van der Waals surface area contributed by atoms with Crippen molar-refractivity contribution >= 4 is 49.8 Å². The van der Waals surface area contributed by atoms with Gasteiger partial charge in [0, 0.05) is 55.5 Å². The third-order valence-corrected chi connectivity index (χ3v) is 17.8. The van der Waals surface area contributed by atoms with Gasteiger partial charge < -0.3 is 9.47 Å². The lowest BCUT2D eigenvalue weighted by Crippen LogP contribution is -2.28. The molecule has 0 saturated carbocycles. The SMILES string of the molecule is CC1(C)c2ccccc2-c2ccc(N(c3ccc4c(c3)C(c3ccccc3)(c3ccccc3)c3ccccc3-4)c3ccc4c(c3)c3ccc(-c5nc6ccccc6cc5-c5ccccc5)cc3n4-c3ccc(-c4ccccc4)cc3)cc21. The molecule has 0 aliphatic heterocycles. The fraction of sp³-hybridized carbons (Fsp3) is 0.0506. The van der Waals surface area contributed by atoms with Crippen LogP contribution >= 0.6 is 0 Å². The van der Waals surface area contributed by atoms with Gasteiger partial charge in [-0.3, -0.25) is 0 Å². The van der Waals surface area contributed by atoms with E-state index >= 15 is 0 Å². The van der Waals surface area contributed by atoms with Gasteiger partial charge in [-0.25, -0.2) is 4.98 Å². The van der Waals surface area contributed by atoms with Crippen LogP contribution in [0, 0.1) is 0 Å². The number of aromatic nitrogens is 2. The minimum absolute atomic E-state index is 0.200. The highest BCUT2D eigenvalue weighted by Crippen LogP contribution is 2.58. The van der Waals surface area contributed by atoms with Gasteiger partial charge in [0.2, 0.25) is 0 Å². The van der Waals surface area contributed by atoms with Gasteiger partial charge in [0.25, 0.3) is 0 Å². The molecule has 3 nitrogen and oxygen atoms in total. The van der Waals surface area contributed by atoms with Crippen molar-refractivity contribution < 1.29 is 0 Å². The second kappa shape index (κ2) is 18.6. The number of anilines is 3. The number of rotatable bonds is 9. The molecule has 14 aromatic rings. The van der Waals surface area contributed by atoms with E-state index in [0.717, 1.165) is 77.8 Å². The van der Waals surface area contributed by atoms with Crippen LogP contribution in [0.4, 0.5) is 17.1 Å². The molecule has 0 saturated heterocycles. The van der Waals surface area contributed by atoms with Crippen LogP contribution in [0.15, 0.2) is 297 Å². The van der Waals surface area contributed by atoms with Crippen molar-refractivity contribution in [1.82, 2.24) is 9.55 Å². The first-order valence-electron chi connectivity index (χ1n) is 28.5. The number of hydrogen-bond donors (Lipinski definition) is 0. The van der Waals surface area contributed by atoms with E-state index in [1.165, 1.54) is 66.8 Å². The van der Waals surface area contributed by atoms with Gasteiger partial charge >= 0.3 is 0 Å². The fourth-order valence-electron chi connectivity index (χ4n) is 14.0. The molecule has 0 radical (unpaired) electrons. The van der Waals surface area contributed by atoms with Crippen LogP contribution in [0.3, 0.4) is 0 Å². The highest BCUT2D eigenvalue weighted by atomic mass is 15.1. The Hall–Kier alpha value is -10.4. The number of fused-ring (bicyclic) bond motifs is 10. The third kappa shape index (κ3) is 7.26. The quantitative estimate of drug-likeness (QED) is 0.144. The van der Waals surface area contributed by atoms with Crippen LogP contribution < -0.4 is 4.90 Å². The zero-order valence-electron chi connectivity index (χ0n) is 45.6. The van der Waals surface area contributed by atoms with Crippen LogP contribution in [-0.4, -0.2) is 9.55 Å². The Morgan fingerprint density at radius 2 is 0.841 bits per heavy atom. The van der Waals surface area contributed by atoms with Crippen molar-refractivity contribution in [3.8, 4) is 61.5 Å². The summed E-state index contributed by atoms with van der Waals surface area (Å²) < 4.78 is 2.45. The Balaban J connectivity index is 0.944. The van der Waals surface area contributed by atoms with Gasteiger partial charge in [0.15, 0.2) is 0 Å². The Kier molecular flexibility index (Phi) is 10.8. The zero-order chi connectivity index (χ0) is 54.5. The van der Waals surface area contributed by atoms with E-state index in [1.807, 2.05) is 0 Å². The van der Waals surface area contributed by atoms with Crippen molar-refractivity contribution in [2.75, 3.05) is 4.90 Å². The molecule has 0 fully saturated rings. The van der Waals surface area contributed by atoms with E-state index < -0.39 is 5.41 Å². The van der Waals surface area contributed by atoms with Gasteiger partial charge in [0.1, 0.15) is 0 Å². The molecule has 0 spiro atoms. The molecule has 0 atom stereocenters. The van der Waals surface area contributed by atoms with Crippen molar-refractivity contribution in [2.45, 2.75) is 24.7 Å². The van der Waals surface area contributed by atoms with Crippen molar-refractivity contribution in [3.05, 3.63) is 331 Å². The van der Waals surface area contributed by atoms with E-state index in [4.69, 9.17) is 4.98 Å². The Labute approximate surface area is 478 Å². The standard InChI is InChI=1S/C79H55N3/c1-78(2)70-32-18-16-30-63(70)65-44-40-61(50-72(65)78)81(62-41-45-66-64-31-17-19-33-71(64)79(73(66)51-62,57-26-11-5-12-27-57)58-28-13-6-14-29-58)60-42-46-75-69(49-60)67-43-37-56(48-76(67)82(75)59-38-35-53(36-39-59)52-21-7-3-8-22-52)77-68(54-23-9-4-10-24-54)47-55-25-15-20-34-74(55)80-77/h3-51H,1-2H3.